The fraction of sp³-hybridized carbons (Fsp3) is 0.609. The van der Waals surface area contributed by atoms with Crippen LogP contribution in [0.5, 0.6) is 5.75 Å². The molecule has 1 aromatic rings. The number of allylic oxidation sites excluding steroid dienone is 1. The Labute approximate surface area is 179 Å². The van der Waals surface area contributed by atoms with Crippen LogP contribution in [-0.4, -0.2) is 19.9 Å². The summed E-state index contributed by atoms with van der Waals surface area (Å²) in [4.78, 5) is 13.0. The molecule has 1 fully saturated rings. The van der Waals surface area contributed by atoms with E-state index in [1.54, 1.807) is 6.07 Å². The quantitative estimate of drug-likeness (QED) is 0.763. The number of carbonyl (C=O) groups is 1. The normalized spacial score (nSPS) is 30.6. The Balaban J connectivity index is 1.56. The van der Waals surface area contributed by atoms with Gasteiger partial charge in [-0.15, -0.1) is 0 Å². The molecule has 0 aliphatic heterocycles. The second kappa shape index (κ2) is 7.09. The molecule has 4 atom stereocenters. The third kappa shape index (κ3) is 3.89. The minimum Gasteiger partial charge on any atom is -0.371 e. The molecule has 3 aliphatic carbocycles. The average Bonchev–Trinajstić information content (AvgIpc) is 2.96. The lowest BCUT2D eigenvalue weighted by Crippen LogP contribution is -2.47. The Morgan fingerprint density at radius 1 is 1.27 bits per heavy atom. The van der Waals surface area contributed by atoms with Crippen LogP contribution in [0.4, 0.5) is 0 Å². The Bertz CT molecular complexity index is 1010. The number of nitrogens with one attached hydrogen (secondary N) is 1. The molecule has 6 nitrogen and oxygen atoms in total. The smallest absolute Gasteiger partial charge is 0.371 e. The van der Waals surface area contributed by atoms with Gasteiger partial charge in [0.25, 0.3) is 0 Å². The van der Waals surface area contributed by atoms with E-state index in [4.69, 9.17) is 9.32 Å². The lowest BCUT2D eigenvalue weighted by molar-refractivity contribution is -0.120. The minimum atomic E-state index is -4.02. The average molecular weight is 433 g/mol. The summed E-state index contributed by atoms with van der Waals surface area (Å²) in [7, 11) is -4.02. The molecule has 4 unspecified atom stereocenters. The SMILES string of the molecule is CC(C)(C)NC(=O)C1=CCC2C3CCc4cc(OS(N)(=O)=O)ccc4C3CCC12C. The van der Waals surface area contributed by atoms with Gasteiger partial charge in [0.15, 0.2) is 0 Å². The van der Waals surface area contributed by atoms with E-state index in [0.717, 1.165) is 43.2 Å². The van der Waals surface area contributed by atoms with Crippen LogP contribution in [0, 0.1) is 17.3 Å². The number of nitrogens with two attached hydrogens (primary N) is 1. The highest BCUT2D eigenvalue weighted by Crippen LogP contribution is 2.61. The molecule has 0 aromatic heterocycles. The standard InChI is InChI=1S/C23H32N2O4S/c1-22(2,3)25-21(26)20-10-9-19-18-7-5-14-13-15(29-30(24,27)28)6-8-16(14)17(18)11-12-23(19,20)4/h6,8,10,13,17-19H,5,7,9,11-12H2,1-4H3,(H,25,26)(H2,24,27,28). The van der Waals surface area contributed by atoms with Gasteiger partial charge in [0.2, 0.25) is 5.91 Å². The molecule has 0 bridgehead atoms. The summed E-state index contributed by atoms with van der Waals surface area (Å²) in [5.41, 5.74) is 3.08. The third-order valence-electron chi connectivity index (χ3n) is 7.22. The van der Waals surface area contributed by atoms with Gasteiger partial charge in [-0.2, -0.15) is 13.6 Å². The Kier molecular flexibility index (Phi) is 5.05. The topological polar surface area (TPSA) is 98.5 Å². The molecule has 0 saturated heterocycles. The number of carbonyl (C=O) groups excluding carboxylic acids is 1. The van der Waals surface area contributed by atoms with E-state index >= 15 is 0 Å². The lowest BCUT2D eigenvalue weighted by atomic mass is 9.54. The first-order valence-corrected chi connectivity index (χ1v) is 12.2. The zero-order chi connectivity index (χ0) is 21.9. The van der Waals surface area contributed by atoms with Crippen molar-refractivity contribution in [2.75, 3.05) is 0 Å². The maximum absolute atomic E-state index is 13.0. The molecule has 4 rings (SSSR count). The third-order valence-corrected chi connectivity index (χ3v) is 7.65. The van der Waals surface area contributed by atoms with Gasteiger partial charge in [-0.1, -0.05) is 19.1 Å². The fourth-order valence-electron chi connectivity index (χ4n) is 6.07. The summed E-state index contributed by atoms with van der Waals surface area (Å²) in [5.74, 6) is 1.78. The number of amides is 1. The highest BCUT2D eigenvalue weighted by atomic mass is 32.2. The molecule has 1 amide bonds. The first-order chi connectivity index (χ1) is 13.9. The second-order valence-electron chi connectivity index (χ2n) is 10.4. The zero-order valence-electron chi connectivity index (χ0n) is 18.2. The van der Waals surface area contributed by atoms with E-state index in [1.165, 1.54) is 5.56 Å². The van der Waals surface area contributed by atoms with Crippen molar-refractivity contribution in [1.82, 2.24) is 5.32 Å². The van der Waals surface area contributed by atoms with E-state index in [2.05, 4.69) is 18.3 Å². The molecule has 3 aliphatic rings. The Morgan fingerprint density at radius 2 is 2.00 bits per heavy atom. The van der Waals surface area contributed by atoms with Crippen LogP contribution in [0.15, 0.2) is 29.8 Å². The molecule has 0 radical (unpaired) electrons. The van der Waals surface area contributed by atoms with Crippen LogP contribution >= 0.6 is 0 Å². The van der Waals surface area contributed by atoms with Gasteiger partial charge in [-0.3, -0.25) is 4.79 Å². The van der Waals surface area contributed by atoms with Crippen molar-refractivity contribution in [3.05, 3.63) is 41.0 Å². The van der Waals surface area contributed by atoms with Crippen molar-refractivity contribution in [2.45, 2.75) is 71.3 Å². The lowest BCUT2D eigenvalue weighted by Gasteiger charge is -2.50. The number of hydrogen-bond donors (Lipinski definition) is 2. The van der Waals surface area contributed by atoms with Crippen molar-refractivity contribution < 1.29 is 17.4 Å². The summed E-state index contributed by atoms with van der Waals surface area (Å²) in [5, 5.41) is 8.16. The predicted octanol–water partition coefficient (Wildman–Crippen LogP) is 3.58. The van der Waals surface area contributed by atoms with Crippen molar-refractivity contribution in [2.24, 2.45) is 22.4 Å². The van der Waals surface area contributed by atoms with Gasteiger partial charge in [-0.25, -0.2) is 0 Å². The van der Waals surface area contributed by atoms with Gasteiger partial charge >= 0.3 is 10.3 Å². The molecule has 0 spiro atoms. The molecular formula is C23H32N2O4S. The van der Waals surface area contributed by atoms with Crippen LogP contribution in [0.2, 0.25) is 0 Å². The summed E-state index contributed by atoms with van der Waals surface area (Å²) in [6.45, 7) is 8.32. The first kappa shape index (κ1) is 21.4. The maximum Gasteiger partial charge on any atom is 0.380 e. The molecule has 1 aromatic carbocycles. The van der Waals surface area contributed by atoms with Crippen LogP contribution in [0.1, 0.15) is 70.4 Å². The number of hydrogen-bond acceptors (Lipinski definition) is 4. The molecular weight excluding hydrogens is 400 g/mol. The highest BCUT2D eigenvalue weighted by Gasteiger charge is 2.53. The largest absolute Gasteiger partial charge is 0.380 e. The molecule has 7 heteroatoms. The molecule has 1 saturated carbocycles. The van der Waals surface area contributed by atoms with Crippen LogP contribution < -0.4 is 14.6 Å². The van der Waals surface area contributed by atoms with E-state index in [1.807, 2.05) is 32.9 Å². The minimum absolute atomic E-state index is 0.0759. The van der Waals surface area contributed by atoms with Gasteiger partial charge in [0.05, 0.1) is 0 Å². The zero-order valence-corrected chi connectivity index (χ0v) is 19.0. The van der Waals surface area contributed by atoms with Gasteiger partial charge in [0, 0.05) is 16.5 Å². The Morgan fingerprint density at radius 3 is 2.67 bits per heavy atom. The summed E-state index contributed by atoms with van der Waals surface area (Å²) in [6.07, 6.45) is 7.06. The van der Waals surface area contributed by atoms with Gasteiger partial charge in [-0.05, 0) is 93.9 Å². The number of benzene rings is 1. The van der Waals surface area contributed by atoms with Crippen molar-refractivity contribution in [3.63, 3.8) is 0 Å². The highest BCUT2D eigenvalue weighted by molar-refractivity contribution is 7.84. The molecule has 164 valence electrons. The van der Waals surface area contributed by atoms with Crippen molar-refractivity contribution in [1.29, 1.82) is 0 Å². The van der Waals surface area contributed by atoms with E-state index in [-0.39, 0.29) is 22.6 Å². The van der Waals surface area contributed by atoms with Gasteiger partial charge in [0.1, 0.15) is 5.75 Å². The Hall–Kier alpha value is -1.86. The molecule has 3 N–H and O–H groups in total. The molecule has 30 heavy (non-hydrogen) atoms. The van der Waals surface area contributed by atoms with Gasteiger partial charge < -0.3 is 9.50 Å². The van der Waals surface area contributed by atoms with Crippen molar-refractivity contribution in [3.8, 4) is 5.75 Å². The number of rotatable bonds is 3. The number of fused-ring (bicyclic) bond motifs is 5. The van der Waals surface area contributed by atoms with Crippen molar-refractivity contribution >= 4 is 16.2 Å². The summed E-state index contributed by atoms with van der Waals surface area (Å²) in [6, 6.07) is 5.53. The fourth-order valence-corrected chi connectivity index (χ4v) is 6.44. The van der Waals surface area contributed by atoms with Crippen LogP contribution in [0.25, 0.3) is 0 Å². The maximum atomic E-state index is 13.0. The summed E-state index contributed by atoms with van der Waals surface area (Å²) >= 11 is 0. The van der Waals surface area contributed by atoms with E-state index in [9.17, 15) is 13.2 Å². The molecule has 0 heterocycles. The summed E-state index contributed by atoms with van der Waals surface area (Å²) < 4.78 is 27.4. The second-order valence-corrected chi connectivity index (χ2v) is 11.5. The van der Waals surface area contributed by atoms with E-state index < -0.39 is 10.3 Å². The number of aryl methyl sites for hydroxylation is 1. The predicted molar refractivity (Wildman–Crippen MR) is 116 cm³/mol. The van der Waals surface area contributed by atoms with E-state index in [0.29, 0.717) is 17.8 Å². The van der Waals surface area contributed by atoms with Crippen LogP contribution in [-0.2, 0) is 21.5 Å². The van der Waals surface area contributed by atoms with Crippen LogP contribution in [0.3, 0.4) is 0 Å². The first-order valence-electron chi connectivity index (χ1n) is 10.8. The monoisotopic (exact) mass is 432 g/mol.